The molecule has 1 aliphatic rings. The number of likely N-dealkylation sites (tertiary alicyclic amines) is 1. The number of carbonyl (C=O) groups excluding carboxylic acids is 2. The first-order valence-corrected chi connectivity index (χ1v) is 12.5. The van der Waals surface area contributed by atoms with Gasteiger partial charge in [0.05, 0.1) is 18.2 Å². The molecule has 0 spiro atoms. The van der Waals surface area contributed by atoms with Crippen molar-refractivity contribution in [2.75, 3.05) is 6.61 Å². The number of ether oxygens (including phenoxy) is 1. The maximum absolute atomic E-state index is 13.5. The van der Waals surface area contributed by atoms with Gasteiger partial charge in [-0.05, 0) is 73.2 Å². The van der Waals surface area contributed by atoms with Gasteiger partial charge in [-0.25, -0.2) is 0 Å². The third-order valence-electron chi connectivity index (χ3n) is 6.77. The van der Waals surface area contributed by atoms with Crippen molar-refractivity contribution in [2.24, 2.45) is 0 Å². The predicted octanol–water partition coefficient (Wildman–Crippen LogP) is 6.02. The Bertz CT molecular complexity index is 1370. The highest BCUT2D eigenvalue weighted by molar-refractivity contribution is 6.46. The SMILES string of the molecule is CCOc1ccc(/C(O)=C2/C(=O)C(=O)N(Cc3cc(C)ccc3C)C2c2ccncc2)cc1C(C)(C)C. The molecule has 1 amide bonds. The fourth-order valence-corrected chi connectivity index (χ4v) is 4.79. The largest absolute Gasteiger partial charge is 0.507 e. The zero-order valence-corrected chi connectivity index (χ0v) is 22.3. The summed E-state index contributed by atoms with van der Waals surface area (Å²) in [6.07, 6.45) is 3.25. The minimum absolute atomic E-state index is 0.0746. The number of carbonyl (C=O) groups is 2. The van der Waals surface area contributed by atoms with Crippen LogP contribution in [0.3, 0.4) is 0 Å². The molecule has 192 valence electrons. The Morgan fingerprint density at radius 2 is 1.73 bits per heavy atom. The van der Waals surface area contributed by atoms with Gasteiger partial charge in [0, 0.05) is 30.1 Å². The monoisotopic (exact) mass is 498 g/mol. The molecule has 0 aliphatic carbocycles. The highest BCUT2D eigenvalue weighted by Gasteiger charge is 2.46. The molecule has 2 heterocycles. The Morgan fingerprint density at radius 1 is 1.03 bits per heavy atom. The summed E-state index contributed by atoms with van der Waals surface area (Å²) in [6.45, 7) is 12.9. The van der Waals surface area contributed by atoms with Crippen LogP contribution in [0.25, 0.3) is 5.76 Å². The van der Waals surface area contributed by atoms with Crippen LogP contribution >= 0.6 is 0 Å². The topological polar surface area (TPSA) is 79.7 Å². The molecular weight excluding hydrogens is 464 g/mol. The van der Waals surface area contributed by atoms with E-state index in [1.807, 2.05) is 51.1 Å². The van der Waals surface area contributed by atoms with E-state index in [-0.39, 0.29) is 23.3 Å². The molecular formula is C31H34N2O4. The molecule has 1 aromatic heterocycles. The minimum atomic E-state index is -0.743. The Balaban J connectivity index is 1.88. The van der Waals surface area contributed by atoms with E-state index in [4.69, 9.17) is 4.74 Å². The van der Waals surface area contributed by atoms with Crippen molar-refractivity contribution in [3.05, 3.63) is 99.9 Å². The van der Waals surface area contributed by atoms with Gasteiger partial charge in [-0.15, -0.1) is 0 Å². The summed E-state index contributed by atoms with van der Waals surface area (Å²) in [5.41, 5.74) is 4.95. The fourth-order valence-electron chi connectivity index (χ4n) is 4.79. The molecule has 1 aliphatic heterocycles. The number of hydrogen-bond donors (Lipinski definition) is 1. The third-order valence-corrected chi connectivity index (χ3v) is 6.77. The molecule has 1 saturated heterocycles. The number of hydrogen-bond acceptors (Lipinski definition) is 5. The lowest BCUT2D eigenvalue weighted by molar-refractivity contribution is -0.140. The second kappa shape index (κ2) is 10.2. The summed E-state index contributed by atoms with van der Waals surface area (Å²) in [5, 5.41) is 11.6. The van der Waals surface area contributed by atoms with E-state index in [0.29, 0.717) is 17.7 Å². The summed E-state index contributed by atoms with van der Waals surface area (Å²) in [4.78, 5) is 32.5. The summed E-state index contributed by atoms with van der Waals surface area (Å²) in [7, 11) is 0. The molecule has 1 atom stereocenters. The second-order valence-electron chi connectivity index (χ2n) is 10.5. The van der Waals surface area contributed by atoms with Crippen LogP contribution in [0.4, 0.5) is 0 Å². The van der Waals surface area contributed by atoms with Crippen LogP contribution in [-0.2, 0) is 21.5 Å². The summed E-state index contributed by atoms with van der Waals surface area (Å²) >= 11 is 0. The fraction of sp³-hybridized carbons (Fsp3) is 0.323. The zero-order chi connectivity index (χ0) is 26.9. The molecule has 1 unspecified atom stereocenters. The highest BCUT2D eigenvalue weighted by Crippen LogP contribution is 2.41. The van der Waals surface area contributed by atoms with E-state index < -0.39 is 17.7 Å². The molecule has 3 aromatic rings. The van der Waals surface area contributed by atoms with Crippen molar-refractivity contribution in [1.82, 2.24) is 9.88 Å². The second-order valence-corrected chi connectivity index (χ2v) is 10.5. The molecule has 0 saturated carbocycles. The van der Waals surface area contributed by atoms with Gasteiger partial charge in [-0.1, -0.05) is 44.5 Å². The van der Waals surface area contributed by atoms with Crippen molar-refractivity contribution in [3.8, 4) is 5.75 Å². The van der Waals surface area contributed by atoms with Gasteiger partial charge in [0.2, 0.25) is 0 Å². The van der Waals surface area contributed by atoms with Crippen LogP contribution in [-0.4, -0.2) is 33.3 Å². The molecule has 1 N–H and O–H groups in total. The Hall–Kier alpha value is -3.93. The molecule has 1 fully saturated rings. The molecule has 6 nitrogen and oxygen atoms in total. The smallest absolute Gasteiger partial charge is 0.295 e. The first kappa shape index (κ1) is 26.1. The number of aryl methyl sites for hydroxylation is 2. The average Bonchev–Trinajstić information content (AvgIpc) is 3.11. The van der Waals surface area contributed by atoms with Crippen LogP contribution < -0.4 is 4.74 Å². The molecule has 6 heteroatoms. The number of benzene rings is 2. The lowest BCUT2D eigenvalue weighted by Crippen LogP contribution is -2.29. The van der Waals surface area contributed by atoms with E-state index in [0.717, 1.165) is 28.0 Å². The van der Waals surface area contributed by atoms with Crippen molar-refractivity contribution < 1.29 is 19.4 Å². The predicted molar refractivity (Wildman–Crippen MR) is 144 cm³/mol. The molecule has 0 bridgehead atoms. The number of rotatable bonds is 6. The number of nitrogens with zero attached hydrogens (tertiary/aromatic N) is 2. The van der Waals surface area contributed by atoms with E-state index in [2.05, 4.69) is 25.8 Å². The maximum atomic E-state index is 13.5. The lowest BCUT2D eigenvalue weighted by atomic mass is 9.84. The molecule has 37 heavy (non-hydrogen) atoms. The number of ketones is 1. The summed E-state index contributed by atoms with van der Waals surface area (Å²) in [5.74, 6) is -0.799. The van der Waals surface area contributed by atoms with Gasteiger partial charge in [0.15, 0.2) is 0 Å². The van der Waals surface area contributed by atoms with E-state index >= 15 is 0 Å². The zero-order valence-electron chi connectivity index (χ0n) is 22.3. The average molecular weight is 499 g/mol. The van der Waals surface area contributed by atoms with Crippen molar-refractivity contribution >= 4 is 17.4 Å². The number of pyridine rings is 1. The first-order valence-electron chi connectivity index (χ1n) is 12.5. The van der Waals surface area contributed by atoms with Crippen LogP contribution in [0.15, 0.2) is 66.5 Å². The van der Waals surface area contributed by atoms with Crippen molar-refractivity contribution in [2.45, 2.75) is 59.5 Å². The standard InChI is InChI=1S/C31H34N2O4/c1-7-37-25-11-10-22(17-24(25)31(4,5)6)28(34)26-27(21-12-14-32-15-13-21)33(30(36)29(26)35)18-23-16-19(2)8-9-20(23)3/h8-17,27,34H,7,18H2,1-6H3/b28-26-. The van der Waals surface area contributed by atoms with Crippen LogP contribution in [0, 0.1) is 13.8 Å². The maximum Gasteiger partial charge on any atom is 0.295 e. The third kappa shape index (κ3) is 5.15. The summed E-state index contributed by atoms with van der Waals surface area (Å²) in [6, 6.07) is 14.3. The van der Waals surface area contributed by atoms with E-state index in [1.165, 1.54) is 0 Å². The normalized spacial score (nSPS) is 17.4. The van der Waals surface area contributed by atoms with Crippen LogP contribution in [0.5, 0.6) is 5.75 Å². The molecule has 2 aromatic carbocycles. The first-order chi connectivity index (χ1) is 17.5. The minimum Gasteiger partial charge on any atom is -0.507 e. The lowest BCUT2D eigenvalue weighted by Gasteiger charge is -2.26. The number of aromatic nitrogens is 1. The number of aliphatic hydroxyl groups is 1. The van der Waals surface area contributed by atoms with Crippen LogP contribution in [0.1, 0.15) is 67.1 Å². The number of Topliss-reactive ketones (excluding diaryl/α,β-unsaturated/α-hetero) is 1. The molecule has 4 rings (SSSR count). The van der Waals surface area contributed by atoms with Crippen molar-refractivity contribution in [1.29, 1.82) is 0 Å². The van der Waals surface area contributed by atoms with Gasteiger partial charge >= 0.3 is 0 Å². The quantitative estimate of drug-likeness (QED) is 0.256. The van der Waals surface area contributed by atoms with Gasteiger partial charge in [-0.2, -0.15) is 0 Å². The summed E-state index contributed by atoms with van der Waals surface area (Å²) < 4.78 is 5.82. The van der Waals surface area contributed by atoms with Gasteiger partial charge in [-0.3, -0.25) is 14.6 Å². The Labute approximate surface area is 218 Å². The van der Waals surface area contributed by atoms with E-state index in [1.54, 1.807) is 35.5 Å². The Morgan fingerprint density at radius 3 is 2.38 bits per heavy atom. The molecule has 0 radical (unpaired) electrons. The Kier molecular flexibility index (Phi) is 7.21. The van der Waals surface area contributed by atoms with Crippen molar-refractivity contribution in [3.63, 3.8) is 0 Å². The highest BCUT2D eigenvalue weighted by atomic mass is 16.5. The number of amides is 1. The van der Waals surface area contributed by atoms with E-state index in [9.17, 15) is 14.7 Å². The van der Waals surface area contributed by atoms with Gasteiger partial charge in [0.1, 0.15) is 11.5 Å². The number of aliphatic hydroxyl groups excluding tert-OH is 1. The van der Waals surface area contributed by atoms with Gasteiger partial charge in [0.25, 0.3) is 11.7 Å². The van der Waals surface area contributed by atoms with Crippen LogP contribution in [0.2, 0.25) is 0 Å². The van der Waals surface area contributed by atoms with Gasteiger partial charge < -0.3 is 14.7 Å².